The Labute approximate surface area is 85.6 Å². The van der Waals surface area contributed by atoms with E-state index in [1.54, 1.807) is 0 Å². The molecule has 3 nitrogen and oxygen atoms in total. The van der Waals surface area contributed by atoms with Crippen LogP contribution in [0.2, 0.25) is 0 Å². The molecule has 2 atom stereocenters. The normalized spacial score (nSPS) is 16.2. The van der Waals surface area contributed by atoms with Crippen LogP contribution >= 0.6 is 12.6 Å². The van der Waals surface area contributed by atoms with E-state index in [2.05, 4.69) is 17.9 Å². The largest absolute Gasteiger partial charge is 0.444 e. The number of hydrogen-bond acceptors (Lipinski definition) is 3. The van der Waals surface area contributed by atoms with Crippen molar-refractivity contribution in [2.75, 3.05) is 0 Å². The Kier molecular flexibility index (Phi) is 4.61. The van der Waals surface area contributed by atoms with E-state index in [-0.39, 0.29) is 17.4 Å². The van der Waals surface area contributed by atoms with Crippen LogP contribution in [0.1, 0.15) is 34.6 Å². The van der Waals surface area contributed by atoms with Gasteiger partial charge in [0.05, 0.1) is 0 Å². The summed E-state index contributed by atoms with van der Waals surface area (Å²) in [5.41, 5.74) is -0.441. The summed E-state index contributed by atoms with van der Waals surface area (Å²) >= 11 is 4.21. The lowest BCUT2D eigenvalue weighted by molar-refractivity contribution is 0.0509. The number of thiol groups is 1. The van der Waals surface area contributed by atoms with Gasteiger partial charge in [-0.05, 0) is 27.7 Å². The number of ether oxygens (including phenoxy) is 1. The van der Waals surface area contributed by atoms with E-state index >= 15 is 0 Å². The average Bonchev–Trinajstić information content (AvgIpc) is 1.81. The summed E-state index contributed by atoms with van der Waals surface area (Å²) in [6.45, 7) is 9.32. The quantitative estimate of drug-likeness (QED) is 0.678. The topological polar surface area (TPSA) is 38.3 Å². The van der Waals surface area contributed by atoms with E-state index in [1.165, 1.54) is 0 Å². The van der Waals surface area contributed by atoms with Gasteiger partial charge in [0, 0.05) is 11.3 Å². The Hall–Kier alpha value is -0.380. The monoisotopic (exact) mass is 205 g/mol. The zero-order valence-corrected chi connectivity index (χ0v) is 9.81. The molecule has 1 amide bonds. The van der Waals surface area contributed by atoms with Crippen molar-refractivity contribution in [2.45, 2.75) is 51.5 Å². The highest BCUT2D eigenvalue weighted by Crippen LogP contribution is 2.07. The molecule has 0 aromatic carbocycles. The first-order chi connectivity index (χ1) is 5.72. The van der Waals surface area contributed by atoms with E-state index in [9.17, 15) is 4.79 Å². The van der Waals surface area contributed by atoms with E-state index < -0.39 is 5.60 Å². The Balaban J connectivity index is 3.89. The first-order valence-electron chi connectivity index (χ1n) is 4.40. The van der Waals surface area contributed by atoms with Crippen LogP contribution in [0.4, 0.5) is 4.79 Å². The molecule has 0 saturated carbocycles. The van der Waals surface area contributed by atoms with Crippen molar-refractivity contribution < 1.29 is 9.53 Å². The Morgan fingerprint density at radius 1 is 1.38 bits per heavy atom. The molecule has 0 fully saturated rings. The maximum Gasteiger partial charge on any atom is 0.407 e. The smallest absolute Gasteiger partial charge is 0.407 e. The molecule has 13 heavy (non-hydrogen) atoms. The standard InChI is InChI=1S/C9H19NO2S/c1-6(7(2)13)10-8(11)12-9(3,4)5/h6-7,13H,1-5H3,(H,10,11). The van der Waals surface area contributed by atoms with Crippen molar-refractivity contribution in [1.29, 1.82) is 0 Å². The number of hydrogen-bond donors (Lipinski definition) is 2. The van der Waals surface area contributed by atoms with Gasteiger partial charge in [0.25, 0.3) is 0 Å². The molecule has 2 unspecified atom stereocenters. The van der Waals surface area contributed by atoms with E-state index in [0.717, 1.165) is 0 Å². The second-order valence-electron chi connectivity index (χ2n) is 4.18. The molecule has 0 radical (unpaired) electrons. The van der Waals surface area contributed by atoms with Gasteiger partial charge in [0.2, 0.25) is 0 Å². The minimum absolute atomic E-state index is 0.0122. The van der Waals surface area contributed by atoms with E-state index in [4.69, 9.17) is 4.74 Å². The molecule has 78 valence electrons. The third-order valence-electron chi connectivity index (χ3n) is 1.47. The van der Waals surface area contributed by atoms with Crippen molar-refractivity contribution in [2.24, 2.45) is 0 Å². The Morgan fingerprint density at radius 3 is 2.15 bits per heavy atom. The van der Waals surface area contributed by atoms with Gasteiger partial charge in [-0.2, -0.15) is 12.6 Å². The lowest BCUT2D eigenvalue weighted by Crippen LogP contribution is -2.41. The van der Waals surface area contributed by atoms with Gasteiger partial charge in [-0.3, -0.25) is 0 Å². The maximum atomic E-state index is 11.2. The van der Waals surface area contributed by atoms with Crippen LogP contribution in [0.15, 0.2) is 0 Å². The van der Waals surface area contributed by atoms with E-state index in [1.807, 2.05) is 34.6 Å². The molecule has 4 heteroatoms. The van der Waals surface area contributed by atoms with Gasteiger partial charge in [-0.15, -0.1) is 0 Å². The van der Waals surface area contributed by atoms with Crippen LogP contribution in [-0.4, -0.2) is 23.0 Å². The summed E-state index contributed by atoms with van der Waals surface area (Å²) in [4.78, 5) is 11.2. The van der Waals surface area contributed by atoms with Crippen molar-refractivity contribution >= 4 is 18.7 Å². The molecular weight excluding hydrogens is 186 g/mol. The highest BCUT2D eigenvalue weighted by molar-refractivity contribution is 7.81. The number of rotatable bonds is 2. The number of alkyl carbamates (subject to hydrolysis) is 1. The fraction of sp³-hybridized carbons (Fsp3) is 0.889. The highest BCUT2D eigenvalue weighted by atomic mass is 32.1. The fourth-order valence-electron chi connectivity index (χ4n) is 0.614. The molecule has 0 aliphatic rings. The predicted molar refractivity (Wildman–Crippen MR) is 57.3 cm³/mol. The summed E-state index contributed by atoms with van der Waals surface area (Å²) in [7, 11) is 0. The van der Waals surface area contributed by atoms with Crippen molar-refractivity contribution in [1.82, 2.24) is 5.32 Å². The molecule has 0 rings (SSSR count). The molecule has 0 saturated heterocycles. The number of carbonyl (C=O) groups is 1. The van der Waals surface area contributed by atoms with Gasteiger partial charge < -0.3 is 10.1 Å². The predicted octanol–water partition coefficient (Wildman–Crippen LogP) is 2.22. The molecule has 1 N–H and O–H groups in total. The SMILES string of the molecule is CC(S)C(C)NC(=O)OC(C)(C)C. The molecular formula is C9H19NO2S. The maximum absolute atomic E-state index is 11.2. The Morgan fingerprint density at radius 2 is 1.85 bits per heavy atom. The zero-order valence-electron chi connectivity index (χ0n) is 8.92. The molecule has 0 aromatic heterocycles. The van der Waals surface area contributed by atoms with Crippen LogP contribution in [-0.2, 0) is 4.74 Å². The van der Waals surface area contributed by atoms with Gasteiger partial charge in [-0.25, -0.2) is 4.79 Å². The molecule has 0 aliphatic heterocycles. The Bertz CT molecular complexity index is 175. The lowest BCUT2D eigenvalue weighted by Gasteiger charge is -2.23. The summed E-state index contributed by atoms with van der Waals surface area (Å²) in [5.74, 6) is 0. The van der Waals surface area contributed by atoms with Gasteiger partial charge in [-0.1, -0.05) is 6.92 Å². The molecule has 0 aliphatic carbocycles. The number of carbonyl (C=O) groups excluding carboxylic acids is 1. The van der Waals surface area contributed by atoms with Crippen LogP contribution in [0.3, 0.4) is 0 Å². The lowest BCUT2D eigenvalue weighted by atomic mass is 10.2. The van der Waals surface area contributed by atoms with Crippen molar-refractivity contribution in [3.8, 4) is 0 Å². The van der Waals surface area contributed by atoms with E-state index in [0.29, 0.717) is 0 Å². The third-order valence-corrected chi connectivity index (χ3v) is 1.92. The van der Waals surface area contributed by atoms with Crippen LogP contribution in [0.5, 0.6) is 0 Å². The van der Waals surface area contributed by atoms with Crippen LogP contribution in [0, 0.1) is 0 Å². The average molecular weight is 205 g/mol. The second kappa shape index (κ2) is 4.74. The van der Waals surface area contributed by atoms with Gasteiger partial charge >= 0.3 is 6.09 Å². The minimum atomic E-state index is -0.441. The number of amides is 1. The zero-order chi connectivity index (χ0) is 10.6. The van der Waals surface area contributed by atoms with Crippen molar-refractivity contribution in [3.05, 3.63) is 0 Å². The summed E-state index contributed by atoms with van der Waals surface area (Å²) < 4.78 is 5.07. The third kappa shape index (κ3) is 6.75. The van der Waals surface area contributed by atoms with Gasteiger partial charge in [0.1, 0.15) is 5.60 Å². The molecule has 0 bridgehead atoms. The van der Waals surface area contributed by atoms with Crippen LogP contribution < -0.4 is 5.32 Å². The van der Waals surface area contributed by atoms with Gasteiger partial charge in [0.15, 0.2) is 0 Å². The molecule has 0 spiro atoms. The summed E-state index contributed by atoms with van der Waals surface area (Å²) in [6, 6.07) is 0.0122. The molecule has 0 heterocycles. The first kappa shape index (κ1) is 12.6. The molecule has 0 aromatic rings. The summed E-state index contributed by atoms with van der Waals surface area (Å²) in [6.07, 6.45) is -0.388. The fourth-order valence-corrected chi connectivity index (χ4v) is 0.689. The van der Waals surface area contributed by atoms with Crippen LogP contribution in [0.25, 0.3) is 0 Å². The highest BCUT2D eigenvalue weighted by Gasteiger charge is 2.18. The number of nitrogens with one attached hydrogen (secondary N) is 1. The minimum Gasteiger partial charge on any atom is -0.444 e. The summed E-state index contributed by atoms with van der Waals surface area (Å²) in [5, 5.41) is 2.82. The van der Waals surface area contributed by atoms with Crippen molar-refractivity contribution in [3.63, 3.8) is 0 Å². The first-order valence-corrected chi connectivity index (χ1v) is 4.91. The second-order valence-corrected chi connectivity index (χ2v) is 4.99.